The molecule has 1 fully saturated rings. The van der Waals surface area contributed by atoms with Crippen LogP contribution in [0.3, 0.4) is 0 Å². The van der Waals surface area contributed by atoms with Crippen molar-refractivity contribution in [3.63, 3.8) is 0 Å². The van der Waals surface area contributed by atoms with E-state index >= 15 is 0 Å². The minimum Gasteiger partial charge on any atom is -0.343 e. The van der Waals surface area contributed by atoms with E-state index in [1.165, 1.54) is 0 Å². The van der Waals surface area contributed by atoms with Crippen LogP contribution in [0.2, 0.25) is 0 Å². The van der Waals surface area contributed by atoms with E-state index < -0.39 is 0 Å². The topological polar surface area (TPSA) is 46.3 Å². The zero-order valence-electron chi connectivity index (χ0n) is 8.46. The second-order valence-corrected chi connectivity index (χ2v) is 3.82. The number of hydrogen-bond donors (Lipinski definition) is 1. The summed E-state index contributed by atoms with van der Waals surface area (Å²) in [7, 11) is 0. The van der Waals surface area contributed by atoms with Crippen molar-refractivity contribution in [1.29, 1.82) is 0 Å². The molecule has 0 aromatic carbocycles. The predicted octanol–water partition coefficient (Wildman–Crippen LogP) is 1.76. The molecule has 84 valence electrons. The van der Waals surface area contributed by atoms with E-state index in [-0.39, 0.29) is 7.43 Å². The van der Waals surface area contributed by atoms with E-state index in [1.54, 1.807) is 0 Å². The van der Waals surface area contributed by atoms with Crippen LogP contribution in [0.5, 0.6) is 0 Å². The third-order valence-corrected chi connectivity index (χ3v) is 2.64. The molecule has 3 nitrogen and oxygen atoms in total. The molecule has 3 heteroatoms. The molecule has 1 rings (SSSR count). The molecule has 1 aliphatic rings. The van der Waals surface area contributed by atoms with Gasteiger partial charge in [-0.2, -0.15) is 0 Å². The summed E-state index contributed by atoms with van der Waals surface area (Å²) in [6.07, 6.45) is 4.77. The Hall–Kier alpha value is -0.570. The van der Waals surface area contributed by atoms with Gasteiger partial charge in [-0.15, -0.1) is 0 Å². The van der Waals surface area contributed by atoms with Crippen LogP contribution in [0.25, 0.3) is 0 Å². The van der Waals surface area contributed by atoms with Crippen LogP contribution in [0.4, 0.5) is 0 Å². The zero-order chi connectivity index (χ0) is 9.68. The fourth-order valence-corrected chi connectivity index (χ4v) is 1.63. The minimum atomic E-state index is 0. The molecule has 0 unspecified atom stereocenters. The summed E-state index contributed by atoms with van der Waals surface area (Å²) in [5.74, 6) is 0.314. The molecule has 0 aromatic rings. The summed E-state index contributed by atoms with van der Waals surface area (Å²) in [6, 6.07) is 0.315. The molecule has 0 spiro atoms. The van der Waals surface area contributed by atoms with E-state index in [0.29, 0.717) is 18.4 Å². The molecule has 1 saturated heterocycles. The maximum Gasteiger partial charge on any atom is 0.222 e. The number of rotatable bonds is 3. The molecule has 1 amide bonds. The number of hydrogen-bond acceptors (Lipinski definition) is 2. The number of carbonyl (C=O) groups excluding carboxylic acids is 1. The highest BCUT2D eigenvalue weighted by molar-refractivity contribution is 5.76. The Balaban J connectivity index is 0.00000169. The fourth-order valence-electron chi connectivity index (χ4n) is 1.63. The highest BCUT2D eigenvalue weighted by atomic mass is 16.2. The van der Waals surface area contributed by atoms with Gasteiger partial charge in [-0.25, -0.2) is 0 Å². The lowest BCUT2D eigenvalue weighted by atomic mass is 10.1. The van der Waals surface area contributed by atoms with Gasteiger partial charge in [0.05, 0.1) is 0 Å². The van der Waals surface area contributed by atoms with Gasteiger partial charge in [0, 0.05) is 25.6 Å². The van der Waals surface area contributed by atoms with E-state index in [1.807, 2.05) is 4.90 Å². The first-order valence-electron chi connectivity index (χ1n) is 5.27. The summed E-state index contributed by atoms with van der Waals surface area (Å²) < 4.78 is 0. The largest absolute Gasteiger partial charge is 0.343 e. The normalized spacial score (nSPS) is 17.7. The number of amides is 1. The highest BCUT2D eigenvalue weighted by Crippen LogP contribution is 2.10. The van der Waals surface area contributed by atoms with Crippen molar-refractivity contribution < 1.29 is 4.79 Å². The van der Waals surface area contributed by atoms with Gasteiger partial charge in [0.25, 0.3) is 0 Å². The quantitative estimate of drug-likeness (QED) is 0.754. The van der Waals surface area contributed by atoms with Crippen LogP contribution in [0.15, 0.2) is 0 Å². The predicted molar refractivity (Wildman–Crippen MR) is 60.0 cm³/mol. The third-order valence-electron chi connectivity index (χ3n) is 2.64. The Morgan fingerprint density at radius 2 is 2.00 bits per heavy atom. The lowest BCUT2D eigenvalue weighted by Gasteiger charge is -2.30. The van der Waals surface area contributed by atoms with E-state index in [4.69, 9.17) is 5.73 Å². The van der Waals surface area contributed by atoms with Gasteiger partial charge in [0.2, 0.25) is 5.91 Å². The SMILES string of the molecule is C.CCCCC(=O)N1CCC(N)CC1. The molecule has 0 saturated carbocycles. The van der Waals surface area contributed by atoms with Crippen molar-refractivity contribution in [2.45, 2.75) is 52.5 Å². The lowest BCUT2D eigenvalue weighted by molar-refractivity contribution is -0.132. The van der Waals surface area contributed by atoms with Gasteiger partial charge in [-0.05, 0) is 19.3 Å². The van der Waals surface area contributed by atoms with Crippen LogP contribution < -0.4 is 5.73 Å². The fraction of sp³-hybridized carbons (Fsp3) is 0.909. The Labute approximate surface area is 87.6 Å². The second kappa shape index (κ2) is 6.82. The molecule has 14 heavy (non-hydrogen) atoms. The van der Waals surface area contributed by atoms with Crippen LogP contribution in [0, 0.1) is 0 Å². The highest BCUT2D eigenvalue weighted by Gasteiger charge is 2.19. The molecule has 0 aliphatic carbocycles. The van der Waals surface area contributed by atoms with Gasteiger partial charge in [0.1, 0.15) is 0 Å². The Bertz CT molecular complexity index is 163. The molecule has 1 aliphatic heterocycles. The molecule has 0 atom stereocenters. The maximum atomic E-state index is 11.5. The van der Waals surface area contributed by atoms with Gasteiger partial charge in [-0.3, -0.25) is 4.79 Å². The number of piperidine rings is 1. The van der Waals surface area contributed by atoms with Crippen molar-refractivity contribution >= 4 is 5.91 Å². The Kier molecular flexibility index (Phi) is 6.54. The smallest absolute Gasteiger partial charge is 0.222 e. The van der Waals surface area contributed by atoms with E-state index in [2.05, 4.69) is 6.92 Å². The first-order chi connectivity index (χ1) is 6.24. The number of carbonyl (C=O) groups is 1. The number of nitrogens with two attached hydrogens (primary N) is 1. The van der Waals surface area contributed by atoms with Crippen LogP contribution in [-0.2, 0) is 4.79 Å². The molecular weight excluding hydrogens is 176 g/mol. The van der Waals surface area contributed by atoms with Crippen molar-refractivity contribution in [3.05, 3.63) is 0 Å². The maximum absolute atomic E-state index is 11.5. The molecule has 0 radical (unpaired) electrons. The van der Waals surface area contributed by atoms with Gasteiger partial charge in [-0.1, -0.05) is 20.8 Å². The van der Waals surface area contributed by atoms with Crippen LogP contribution in [0.1, 0.15) is 46.5 Å². The second-order valence-electron chi connectivity index (χ2n) is 3.82. The summed E-state index contributed by atoms with van der Waals surface area (Å²) in [5.41, 5.74) is 5.76. The van der Waals surface area contributed by atoms with E-state index in [9.17, 15) is 4.79 Å². The minimum absolute atomic E-state index is 0. The lowest BCUT2D eigenvalue weighted by Crippen LogP contribution is -2.42. The van der Waals surface area contributed by atoms with Crippen LogP contribution in [-0.4, -0.2) is 29.9 Å². The summed E-state index contributed by atoms with van der Waals surface area (Å²) >= 11 is 0. The van der Waals surface area contributed by atoms with Gasteiger partial charge < -0.3 is 10.6 Å². The van der Waals surface area contributed by atoms with Crippen molar-refractivity contribution in [2.75, 3.05) is 13.1 Å². The van der Waals surface area contributed by atoms with Crippen molar-refractivity contribution in [3.8, 4) is 0 Å². The van der Waals surface area contributed by atoms with Gasteiger partial charge >= 0.3 is 0 Å². The van der Waals surface area contributed by atoms with Crippen LogP contribution >= 0.6 is 0 Å². The molecule has 0 aromatic heterocycles. The average molecular weight is 200 g/mol. The third kappa shape index (κ3) is 4.09. The summed E-state index contributed by atoms with van der Waals surface area (Å²) in [4.78, 5) is 13.5. The Morgan fingerprint density at radius 1 is 1.43 bits per heavy atom. The Morgan fingerprint density at radius 3 is 2.50 bits per heavy atom. The molecular formula is C11H24N2O. The van der Waals surface area contributed by atoms with Crippen molar-refractivity contribution in [1.82, 2.24) is 4.90 Å². The van der Waals surface area contributed by atoms with Gasteiger partial charge in [0.15, 0.2) is 0 Å². The first-order valence-corrected chi connectivity index (χ1v) is 5.27. The number of unbranched alkanes of at least 4 members (excludes halogenated alkanes) is 1. The first kappa shape index (κ1) is 13.4. The summed E-state index contributed by atoms with van der Waals surface area (Å²) in [6.45, 7) is 3.84. The summed E-state index contributed by atoms with van der Waals surface area (Å²) in [5, 5.41) is 0. The monoisotopic (exact) mass is 200 g/mol. The molecule has 1 heterocycles. The zero-order valence-corrected chi connectivity index (χ0v) is 8.46. The van der Waals surface area contributed by atoms with E-state index in [0.717, 1.165) is 38.8 Å². The number of nitrogens with zero attached hydrogens (tertiary/aromatic N) is 1. The van der Waals surface area contributed by atoms with Crippen molar-refractivity contribution in [2.24, 2.45) is 5.73 Å². The average Bonchev–Trinajstić information content (AvgIpc) is 2.15. The number of likely N-dealkylation sites (tertiary alicyclic amines) is 1. The molecule has 0 bridgehead atoms. The standard InChI is InChI=1S/C10H20N2O.CH4/c1-2-3-4-10(13)12-7-5-9(11)6-8-12;/h9H,2-8,11H2,1H3;1H4. The molecule has 2 N–H and O–H groups in total.